The number of anilines is 4. The van der Waals surface area contributed by atoms with Crippen molar-refractivity contribution < 1.29 is 17.9 Å². The van der Waals surface area contributed by atoms with Crippen LogP contribution < -0.4 is 15.4 Å². The van der Waals surface area contributed by atoms with Crippen LogP contribution in [0.2, 0.25) is 0 Å². The number of benzene rings is 2. The predicted molar refractivity (Wildman–Crippen MR) is 115 cm³/mol. The maximum absolute atomic E-state index is 13.5. The van der Waals surface area contributed by atoms with E-state index in [2.05, 4.69) is 43.5 Å². The Morgan fingerprint density at radius 1 is 1.03 bits per heavy atom. The molecule has 3 aromatic rings. The van der Waals surface area contributed by atoms with Crippen molar-refractivity contribution in [2.75, 3.05) is 17.2 Å². The molecule has 0 atom stereocenters. The number of nitrogens with zero attached hydrogens (tertiary/aromatic N) is 2. The first-order chi connectivity index (χ1) is 14.3. The van der Waals surface area contributed by atoms with Gasteiger partial charge in [0.2, 0.25) is 5.95 Å². The summed E-state index contributed by atoms with van der Waals surface area (Å²) in [4.78, 5) is 7.87. The molecule has 0 aliphatic heterocycles. The predicted octanol–water partition coefficient (Wildman–Crippen LogP) is 6.92. The Morgan fingerprint density at radius 3 is 2.50 bits per heavy atom. The van der Waals surface area contributed by atoms with Gasteiger partial charge >= 0.3 is 6.18 Å². The van der Waals surface area contributed by atoms with Crippen LogP contribution in [0.4, 0.5) is 36.3 Å². The summed E-state index contributed by atoms with van der Waals surface area (Å²) in [6.45, 7) is 2.59. The first kappa shape index (κ1) is 21.9. The lowest BCUT2D eigenvalue weighted by Crippen LogP contribution is -2.12. The van der Waals surface area contributed by atoms with E-state index in [4.69, 9.17) is 4.74 Å². The third-order valence-corrected chi connectivity index (χ3v) is 4.59. The van der Waals surface area contributed by atoms with Gasteiger partial charge in [-0.15, -0.1) is 0 Å². The van der Waals surface area contributed by atoms with Gasteiger partial charge in [0.15, 0.2) is 0 Å². The zero-order valence-corrected chi connectivity index (χ0v) is 17.7. The highest BCUT2D eigenvalue weighted by Gasteiger charge is 2.35. The highest BCUT2D eigenvalue weighted by Crippen LogP contribution is 2.35. The number of nitrogens with one attached hydrogen (secondary N) is 2. The number of hydrogen-bond donors (Lipinski definition) is 2. The van der Waals surface area contributed by atoms with E-state index in [1.807, 2.05) is 0 Å². The molecular weight excluding hydrogens is 461 g/mol. The molecule has 2 aromatic carbocycles. The average molecular weight is 481 g/mol. The lowest BCUT2D eigenvalue weighted by molar-refractivity contribution is -0.137. The maximum Gasteiger partial charge on any atom is 0.421 e. The van der Waals surface area contributed by atoms with Gasteiger partial charge in [0.25, 0.3) is 0 Å². The van der Waals surface area contributed by atoms with E-state index in [1.165, 1.54) is 0 Å². The topological polar surface area (TPSA) is 59.1 Å². The SMILES string of the molecule is CCCCOc1cccc(Nc2nc(Nc3ccc(Br)cc3)ncc2C(F)(F)F)c1. The van der Waals surface area contributed by atoms with Crippen LogP contribution >= 0.6 is 15.9 Å². The second-order valence-corrected chi connectivity index (χ2v) is 7.36. The van der Waals surface area contributed by atoms with Gasteiger partial charge in [-0.3, -0.25) is 0 Å². The minimum Gasteiger partial charge on any atom is -0.494 e. The zero-order valence-electron chi connectivity index (χ0n) is 16.1. The van der Waals surface area contributed by atoms with Crippen molar-refractivity contribution in [2.24, 2.45) is 0 Å². The molecule has 0 spiro atoms. The van der Waals surface area contributed by atoms with E-state index in [0.717, 1.165) is 23.5 Å². The molecular formula is C21H20BrF3N4O. The van der Waals surface area contributed by atoms with Gasteiger partial charge in [-0.2, -0.15) is 18.2 Å². The molecule has 0 saturated carbocycles. The molecule has 9 heteroatoms. The fourth-order valence-corrected chi connectivity index (χ4v) is 2.81. The smallest absolute Gasteiger partial charge is 0.421 e. The van der Waals surface area contributed by atoms with Gasteiger partial charge in [-0.1, -0.05) is 35.3 Å². The van der Waals surface area contributed by atoms with Gasteiger partial charge in [0.05, 0.1) is 6.61 Å². The number of halogens is 4. The molecule has 0 unspecified atom stereocenters. The van der Waals surface area contributed by atoms with Gasteiger partial charge in [0, 0.05) is 28.1 Å². The van der Waals surface area contributed by atoms with Crippen LogP contribution in [0, 0.1) is 0 Å². The van der Waals surface area contributed by atoms with E-state index in [9.17, 15) is 13.2 Å². The summed E-state index contributed by atoms with van der Waals surface area (Å²) in [7, 11) is 0. The van der Waals surface area contributed by atoms with E-state index in [-0.39, 0.29) is 11.8 Å². The first-order valence-electron chi connectivity index (χ1n) is 9.32. The molecule has 1 heterocycles. The van der Waals surface area contributed by atoms with Crippen LogP contribution in [0.5, 0.6) is 5.75 Å². The zero-order chi connectivity index (χ0) is 21.6. The molecule has 3 rings (SSSR count). The quantitative estimate of drug-likeness (QED) is 0.342. The Hall–Kier alpha value is -2.81. The summed E-state index contributed by atoms with van der Waals surface area (Å²) in [5, 5.41) is 5.65. The third-order valence-electron chi connectivity index (χ3n) is 4.06. The molecule has 5 nitrogen and oxygen atoms in total. The van der Waals surface area contributed by atoms with Crippen LogP contribution in [-0.2, 0) is 6.18 Å². The van der Waals surface area contributed by atoms with Crippen molar-refractivity contribution in [1.82, 2.24) is 9.97 Å². The largest absolute Gasteiger partial charge is 0.494 e. The Morgan fingerprint density at radius 2 is 1.80 bits per heavy atom. The summed E-state index contributed by atoms with van der Waals surface area (Å²) in [5.41, 5.74) is 0.124. The molecule has 0 saturated heterocycles. The second-order valence-electron chi connectivity index (χ2n) is 6.44. The molecule has 1 aromatic heterocycles. The fourth-order valence-electron chi connectivity index (χ4n) is 2.54. The number of alkyl halides is 3. The molecule has 30 heavy (non-hydrogen) atoms. The standard InChI is InChI=1S/C21H20BrF3N4O/c1-2-3-11-30-17-6-4-5-16(12-17)27-19-18(21(23,24)25)13-26-20(29-19)28-15-9-7-14(22)8-10-15/h4-10,12-13H,2-3,11H2,1H3,(H2,26,27,28,29). The molecule has 0 bridgehead atoms. The molecule has 0 amide bonds. The molecule has 0 aliphatic carbocycles. The van der Waals surface area contributed by atoms with Crippen molar-refractivity contribution in [2.45, 2.75) is 25.9 Å². The van der Waals surface area contributed by atoms with Crippen LogP contribution in [0.25, 0.3) is 0 Å². The Bertz CT molecular complexity index is 981. The summed E-state index contributed by atoms with van der Waals surface area (Å²) >= 11 is 3.33. The van der Waals surface area contributed by atoms with Crippen LogP contribution in [0.15, 0.2) is 59.2 Å². The van der Waals surface area contributed by atoms with Gasteiger partial charge < -0.3 is 15.4 Å². The normalized spacial score (nSPS) is 11.2. The fraction of sp³-hybridized carbons (Fsp3) is 0.238. The van der Waals surface area contributed by atoms with E-state index in [1.54, 1.807) is 48.5 Å². The molecule has 158 valence electrons. The monoisotopic (exact) mass is 480 g/mol. The summed E-state index contributed by atoms with van der Waals surface area (Å²) in [5.74, 6) is 0.273. The van der Waals surface area contributed by atoms with E-state index in [0.29, 0.717) is 23.7 Å². The van der Waals surface area contributed by atoms with Crippen LogP contribution in [0.3, 0.4) is 0 Å². The van der Waals surface area contributed by atoms with Gasteiger partial charge in [0.1, 0.15) is 17.1 Å². The van der Waals surface area contributed by atoms with E-state index >= 15 is 0 Å². The average Bonchev–Trinajstić information content (AvgIpc) is 2.70. The van der Waals surface area contributed by atoms with Crippen molar-refractivity contribution in [3.8, 4) is 5.75 Å². The van der Waals surface area contributed by atoms with Gasteiger partial charge in [-0.25, -0.2) is 4.98 Å². The lowest BCUT2D eigenvalue weighted by atomic mass is 10.2. The van der Waals surface area contributed by atoms with Crippen molar-refractivity contribution in [1.29, 1.82) is 0 Å². The Balaban J connectivity index is 1.86. The molecule has 2 N–H and O–H groups in total. The van der Waals surface area contributed by atoms with Crippen molar-refractivity contribution >= 4 is 39.1 Å². The van der Waals surface area contributed by atoms with Crippen LogP contribution in [-0.4, -0.2) is 16.6 Å². The summed E-state index contributed by atoms with van der Waals surface area (Å²) < 4.78 is 46.9. The highest BCUT2D eigenvalue weighted by molar-refractivity contribution is 9.10. The Labute approximate surface area is 180 Å². The van der Waals surface area contributed by atoms with E-state index < -0.39 is 11.7 Å². The maximum atomic E-state index is 13.5. The number of ether oxygens (including phenoxy) is 1. The number of rotatable bonds is 8. The minimum absolute atomic E-state index is 0.0446. The second kappa shape index (κ2) is 9.80. The minimum atomic E-state index is -4.60. The number of hydrogen-bond acceptors (Lipinski definition) is 5. The Kier molecular flexibility index (Phi) is 7.15. The van der Waals surface area contributed by atoms with Crippen molar-refractivity contribution in [3.05, 3.63) is 64.8 Å². The first-order valence-corrected chi connectivity index (χ1v) is 10.1. The van der Waals surface area contributed by atoms with Gasteiger partial charge in [-0.05, 0) is 42.8 Å². The van der Waals surface area contributed by atoms with Crippen molar-refractivity contribution in [3.63, 3.8) is 0 Å². The summed E-state index contributed by atoms with van der Waals surface area (Å²) in [6, 6.07) is 13.9. The molecule has 0 radical (unpaired) electrons. The lowest BCUT2D eigenvalue weighted by Gasteiger charge is -2.15. The number of unbranched alkanes of at least 4 members (excludes halogenated alkanes) is 1. The highest BCUT2D eigenvalue weighted by atomic mass is 79.9. The van der Waals surface area contributed by atoms with Crippen LogP contribution in [0.1, 0.15) is 25.3 Å². The molecule has 0 aliphatic rings. The summed E-state index contributed by atoms with van der Waals surface area (Å²) in [6.07, 6.45) is -1.96. The third kappa shape index (κ3) is 6.09. The number of aromatic nitrogens is 2. The molecule has 0 fully saturated rings.